The summed E-state index contributed by atoms with van der Waals surface area (Å²) in [5, 5.41) is 2.43. The second-order valence-electron chi connectivity index (χ2n) is 7.08. The van der Waals surface area contributed by atoms with Crippen molar-refractivity contribution >= 4 is 52.2 Å². The van der Waals surface area contributed by atoms with Gasteiger partial charge in [-0.1, -0.05) is 30.3 Å². The third-order valence-electron chi connectivity index (χ3n) is 4.93. The molecule has 0 spiro atoms. The summed E-state index contributed by atoms with van der Waals surface area (Å²) in [6.45, 7) is -0.496. The predicted molar refractivity (Wildman–Crippen MR) is 124 cm³/mol. The molecular weight excluding hydrogens is 529 g/mol. The highest BCUT2D eigenvalue weighted by Crippen LogP contribution is 2.26. The summed E-state index contributed by atoms with van der Waals surface area (Å²) in [6.07, 6.45) is -0.843. The number of rotatable bonds is 6. The zero-order valence-electron chi connectivity index (χ0n) is 17.5. The van der Waals surface area contributed by atoms with Crippen LogP contribution in [0.2, 0.25) is 0 Å². The number of esters is 1. The molecule has 1 aliphatic rings. The maximum Gasteiger partial charge on any atom is 0.408 e. The number of nitrogens with one attached hydrogen (secondary N) is 1. The highest BCUT2D eigenvalue weighted by atomic mass is 127. The van der Waals surface area contributed by atoms with Crippen LogP contribution in [0.5, 0.6) is 0 Å². The molecule has 1 heterocycles. The first-order valence-electron chi connectivity index (χ1n) is 9.70. The summed E-state index contributed by atoms with van der Waals surface area (Å²) < 4.78 is 10.8. The zero-order valence-corrected chi connectivity index (χ0v) is 19.7. The molecule has 32 heavy (non-hydrogen) atoms. The van der Waals surface area contributed by atoms with Crippen LogP contribution in [0.1, 0.15) is 15.9 Å². The minimum absolute atomic E-state index is 0.0122. The smallest absolute Gasteiger partial charge is 0.408 e. The highest BCUT2D eigenvalue weighted by molar-refractivity contribution is 14.1. The number of methoxy groups -OCH3 is 1. The molecular formula is C22H22IN3O6. The molecule has 1 unspecified atom stereocenters. The van der Waals surface area contributed by atoms with Crippen molar-refractivity contribution in [3.63, 3.8) is 0 Å². The van der Waals surface area contributed by atoms with Crippen molar-refractivity contribution in [2.75, 3.05) is 32.1 Å². The second kappa shape index (κ2) is 10.4. The second-order valence-corrected chi connectivity index (χ2v) is 8.33. The molecule has 0 fully saturated rings. The number of halogens is 1. The predicted octanol–water partition coefficient (Wildman–Crippen LogP) is 2.18. The van der Waals surface area contributed by atoms with E-state index in [0.717, 1.165) is 9.13 Å². The van der Waals surface area contributed by atoms with Crippen LogP contribution in [0.25, 0.3) is 0 Å². The van der Waals surface area contributed by atoms with Gasteiger partial charge in [-0.2, -0.15) is 0 Å². The molecule has 0 aliphatic carbocycles. The van der Waals surface area contributed by atoms with Gasteiger partial charge < -0.3 is 24.6 Å². The quantitative estimate of drug-likeness (QED) is 0.436. The third-order valence-corrected chi connectivity index (χ3v) is 5.60. The van der Waals surface area contributed by atoms with E-state index in [1.165, 1.54) is 16.9 Å². The van der Waals surface area contributed by atoms with Crippen molar-refractivity contribution in [3.05, 3.63) is 63.2 Å². The molecule has 1 atom stereocenters. The Morgan fingerprint density at radius 3 is 2.56 bits per heavy atom. The fraction of sp³-hybridized carbons (Fsp3) is 0.273. The normalized spacial score (nSPS) is 14.3. The lowest BCUT2D eigenvalue weighted by Crippen LogP contribution is -2.51. The van der Waals surface area contributed by atoms with Gasteiger partial charge in [0.25, 0.3) is 5.91 Å². The van der Waals surface area contributed by atoms with Gasteiger partial charge in [-0.05, 0) is 46.4 Å². The number of carbonyl (C=O) groups excluding carboxylic acids is 4. The van der Waals surface area contributed by atoms with E-state index in [9.17, 15) is 19.2 Å². The van der Waals surface area contributed by atoms with Crippen molar-refractivity contribution in [2.24, 2.45) is 0 Å². The van der Waals surface area contributed by atoms with Crippen LogP contribution in [0.3, 0.4) is 0 Å². The van der Waals surface area contributed by atoms with E-state index in [1.54, 1.807) is 37.4 Å². The largest absolute Gasteiger partial charge is 0.467 e. The third kappa shape index (κ3) is 5.55. The van der Waals surface area contributed by atoms with Gasteiger partial charge >= 0.3 is 12.1 Å². The summed E-state index contributed by atoms with van der Waals surface area (Å²) in [5.41, 5.74) is 1.59. The lowest BCUT2D eigenvalue weighted by atomic mass is 10.1. The fourth-order valence-electron chi connectivity index (χ4n) is 3.21. The monoisotopic (exact) mass is 551 g/mol. The number of alkyl carbamates (subject to hydrolysis) is 1. The summed E-state index contributed by atoms with van der Waals surface area (Å²) in [5.74, 6) is -1.51. The average Bonchev–Trinajstić information content (AvgIpc) is 2.88. The zero-order chi connectivity index (χ0) is 23.3. The van der Waals surface area contributed by atoms with E-state index in [0.29, 0.717) is 11.3 Å². The van der Waals surface area contributed by atoms with E-state index in [-0.39, 0.29) is 25.6 Å². The lowest BCUT2D eigenvalue weighted by molar-refractivity contribution is -0.143. The Hall–Kier alpha value is -3.15. The molecule has 3 rings (SSSR count). The molecule has 10 heteroatoms. The first kappa shape index (κ1) is 23.5. The molecule has 0 saturated carbocycles. The highest BCUT2D eigenvalue weighted by Gasteiger charge is 2.34. The summed E-state index contributed by atoms with van der Waals surface area (Å²) in [7, 11) is 2.76. The van der Waals surface area contributed by atoms with Crippen molar-refractivity contribution < 1.29 is 28.7 Å². The maximum atomic E-state index is 13.2. The van der Waals surface area contributed by atoms with Crippen molar-refractivity contribution in [1.29, 1.82) is 0 Å². The number of amides is 3. The molecule has 0 bridgehead atoms. The van der Waals surface area contributed by atoms with Gasteiger partial charge in [0.1, 0.15) is 19.2 Å². The Balaban J connectivity index is 1.75. The van der Waals surface area contributed by atoms with E-state index in [1.807, 2.05) is 18.2 Å². The summed E-state index contributed by atoms with van der Waals surface area (Å²) in [6, 6.07) is 13.0. The van der Waals surface area contributed by atoms with Crippen molar-refractivity contribution in [1.82, 2.24) is 10.2 Å². The van der Waals surface area contributed by atoms with E-state index >= 15 is 0 Å². The number of fused-ring (bicyclic) bond motifs is 1. The Kier molecular flexibility index (Phi) is 7.67. The Morgan fingerprint density at radius 1 is 1.16 bits per heavy atom. The minimum Gasteiger partial charge on any atom is -0.467 e. The molecule has 0 aromatic heterocycles. The number of ether oxygens (including phenoxy) is 2. The van der Waals surface area contributed by atoms with Crippen molar-refractivity contribution in [2.45, 2.75) is 12.6 Å². The topological polar surface area (TPSA) is 105 Å². The van der Waals surface area contributed by atoms with Gasteiger partial charge in [0.2, 0.25) is 5.91 Å². The van der Waals surface area contributed by atoms with E-state index < -0.39 is 24.0 Å². The average molecular weight is 551 g/mol. The van der Waals surface area contributed by atoms with Gasteiger partial charge in [0.15, 0.2) is 0 Å². The number of likely N-dealkylation sites (N-methyl/N-ethyl adjacent to an activating group) is 1. The number of benzene rings is 2. The number of hydrogen-bond donors (Lipinski definition) is 1. The molecule has 9 nitrogen and oxygen atoms in total. The number of carbonyl (C=O) groups is 4. The molecule has 2 aromatic rings. The van der Waals surface area contributed by atoms with Crippen molar-refractivity contribution in [3.8, 4) is 0 Å². The molecule has 0 saturated heterocycles. The maximum absolute atomic E-state index is 13.2. The first-order valence-corrected chi connectivity index (χ1v) is 10.8. The van der Waals surface area contributed by atoms with Crippen LogP contribution in [-0.2, 0) is 25.7 Å². The lowest BCUT2D eigenvalue weighted by Gasteiger charge is -2.25. The van der Waals surface area contributed by atoms with Gasteiger partial charge in [-0.25, -0.2) is 9.59 Å². The van der Waals surface area contributed by atoms with Crippen LogP contribution < -0.4 is 10.2 Å². The number of hydrogen-bond acceptors (Lipinski definition) is 6. The molecule has 168 valence electrons. The molecule has 3 amide bonds. The van der Waals surface area contributed by atoms with Gasteiger partial charge in [0, 0.05) is 10.6 Å². The standard InChI is InChI=1S/C22H22IN3O6/c1-25-18-9-8-15(23)10-16(18)20(28)26(12-19(25)27)11-17(21(29)31-2)24-22(30)32-13-14-6-4-3-5-7-14/h3-10,17H,11-13H2,1-2H3,(H,24,30). The Bertz CT molecular complexity index is 1030. The van der Waals surface area contributed by atoms with E-state index in [2.05, 4.69) is 27.9 Å². The summed E-state index contributed by atoms with van der Waals surface area (Å²) >= 11 is 2.08. The molecule has 1 aliphatic heterocycles. The van der Waals surface area contributed by atoms with Gasteiger partial charge in [-0.15, -0.1) is 0 Å². The van der Waals surface area contributed by atoms with Crippen LogP contribution in [-0.4, -0.2) is 62.1 Å². The Labute approximate surface area is 198 Å². The van der Waals surface area contributed by atoms with Crippen LogP contribution in [0.15, 0.2) is 48.5 Å². The minimum atomic E-state index is -1.21. The van der Waals surface area contributed by atoms with Crippen LogP contribution in [0, 0.1) is 3.57 Å². The number of anilines is 1. The van der Waals surface area contributed by atoms with Crippen LogP contribution >= 0.6 is 22.6 Å². The molecule has 2 aromatic carbocycles. The SMILES string of the molecule is COC(=O)C(CN1CC(=O)N(C)c2ccc(I)cc2C1=O)NC(=O)OCc1ccccc1. The fourth-order valence-corrected chi connectivity index (χ4v) is 3.71. The van der Waals surface area contributed by atoms with Gasteiger partial charge in [-0.3, -0.25) is 9.59 Å². The summed E-state index contributed by atoms with van der Waals surface area (Å²) in [4.78, 5) is 53.0. The number of nitrogens with zero attached hydrogens (tertiary/aromatic N) is 2. The van der Waals surface area contributed by atoms with E-state index in [4.69, 9.17) is 9.47 Å². The molecule has 0 radical (unpaired) electrons. The van der Waals surface area contributed by atoms with Gasteiger partial charge in [0.05, 0.1) is 24.9 Å². The Morgan fingerprint density at radius 2 is 1.88 bits per heavy atom. The van der Waals surface area contributed by atoms with Crippen LogP contribution in [0.4, 0.5) is 10.5 Å². The first-order chi connectivity index (χ1) is 15.3. The molecule has 1 N–H and O–H groups in total.